The molecule has 0 heterocycles. The van der Waals surface area contributed by atoms with Crippen LogP contribution >= 0.6 is 0 Å². The van der Waals surface area contributed by atoms with Crippen molar-refractivity contribution in [3.05, 3.63) is 29.3 Å². The molecule has 0 aliphatic heterocycles. The van der Waals surface area contributed by atoms with Gasteiger partial charge in [0.15, 0.2) is 0 Å². The van der Waals surface area contributed by atoms with E-state index in [9.17, 15) is 0 Å². The fourth-order valence-electron chi connectivity index (χ4n) is 1.84. The fraction of sp³-hybridized carbons (Fsp3) is 0.533. The van der Waals surface area contributed by atoms with E-state index in [0.717, 1.165) is 12.1 Å². The van der Waals surface area contributed by atoms with Crippen LogP contribution in [-0.4, -0.2) is 13.2 Å². The van der Waals surface area contributed by atoms with E-state index in [1.54, 1.807) is 7.11 Å². The zero-order valence-corrected chi connectivity index (χ0v) is 11.5. The van der Waals surface area contributed by atoms with Gasteiger partial charge in [-0.05, 0) is 31.0 Å². The van der Waals surface area contributed by atoms with Gasteiger partial charge in [-0.1, -0.05) is 25.8 Å². The van der Waals surface area contributed by atoms with Crippen molar-refractivity contribution < 1.29 is 4.74 Å². The molecule has 0 aliphatic rings. The molecular weight excluding hydrogens is 224 g/mol. The van der Waals surface area contributed by atoms with Gasteiger partial charge in [0.05, 0.1) is 12.7 Å². The van der Waals surface area contributed by atoms with Crippen LogP contribution in [0.4, 0.5) is 0 Å². The average molecular weight is 246 g/mol. The number of hydrogen-bond acceptors (Lipinski definition) is 3. The summed E-state index contributed by atoms with van der Waals surface area (Å²) in [6.07, 6.45) is 3.69. The summed E-state index contributed by atoms with van der Waals surface area (Å²) in [4.78, 5) is 0. The van der Waals surface area contributed by atoms with Gasteiger partial charge in [0, 0.05) is 12.6 Å². The molecule has 1 N–H and O–H groups in total. The smallest absolute Gasteiger partial charge is 0.136 e. The SMILES string of the molecule is CCCCC(C)NCc1ccc(C#N)c(OC)c1. The molecule has 1 aromatic carbocycles. The van der Waals surface area contributed by atoms with Crippen LogP contribution in [0.1, 0.15) is 44.2 Å². The minimum absolute atomic E-state index is 0.520. The third-order valence-electron chi connectivity index (χ3n) is 3.03. The van der Waals surface area contributed by atoms with Crippen LogP contribution in [0.5, 0.6) is 5.75 Å². The van der Waals surface area contributed by atoms with Crippen molar-refractivity contribution in [3.8, 4) is 11.8 Å². The molecule has 0 fully saturated rings. The van der Waals surface area contributed by atoms with Gasteiger partial charge in [-0.15, -0.1) is 0 Å². The van der Waals surface area contributed by atoms with Gasteiger partial charge in [-0.2, -0.15) is 5.26 Å². The Morgan fingerprint density at radius 3 is 2.83 bits per heavy atom. The van der Waals surface area contributed by atoms with Gasteiger partial charge >= 0.3 is 0 Å². The van der Waals surface area contributed by atoms with Crippen molar-refractivity contribution in [2.45, 2.75) is 45.7 Å². The highest BCUT2D eigenvalue weighted by Crippen LogP contribution is 2.19. The Balaban J connectivity index is 2.55. The largest absolute Gasteiger partial charge is 0.495 e. The van der Waals surface area contributed by atoms with Gasteiger partial charge in [0.25, 0.3) is 0 Å². The molecule has 0 amide bonds. The maximum Gasteiger partial charge on any atom is 0.136 e. The number of nitrogens with one attached hydrogen (secondary N) is 1. The molecular formula is C15H22N2O. The zero-order chi connectivity index (χ0) is 13.4. The standard InChI is InChI=1S/C15H22N2O/c1-4-5-6-12(2)17-11-13-7-8-14(10-16)15(9-13)18-3/h7-9,12,17H,4-6,11H2,1-3H3. The van der Waals surface area contributed by atoms with E-state index in [-0.39, 0.29) is 0 Å². The van der Waals surface area contributed by atoms with Crippen molar-refractivity contribution in [1.29, 1.82) is 5.26 Å². The Labute approximate surface area is 110 Å². The van der Waals surface area contributed by atoms with E-state index in [1.165, 1.54) is 19.3 Å². The van der Waals surface area contributed by atoms with Crippen molar-refractivity contribution >= 4 is 0 Å². The molecule has 0 aliphatic carbocycles. The highest BCUT2D eigenvalue weighted by molar-refractivity contribution is 5.45. The van der Waals surface area contributed by atoms with Gasteiger partial charge in [-0.3, -0.25) is 0 Å². The number of benzene rings is 1. The number of unbranched alkanes of at least 4 members (excludes halogenated alkanes) is 1. The first kappa shape index (κ1) is 14.5. The normalized spacial score (nSPS) is 11.9. The van der Waals surface area contributed by atoms with Crippen molar-refractivity contribution in [2.75, 3.05) is 7.11 Å². The quantitative estimate of drug-likeness (QED) is 0.803. The molecule has 0 bridgehead atoms. The highest BCUT2D eigenvalue weighted by Gasteiger charge is 2.05. The molecule has 0 saturated carbocycles. The Morgan fingerprint density at radius 1 is 1.44 bits per heavy atom. The Kier molecular flexibility index (Phi) is 6.24. The van der Waals surface area contributed by atoms with Crippen LogP contribution in [0.3, 0.4) is 0 Å². The summed E-state index contributed by atoms with van der Waals surface area (Å²) < 4.78 is 5.20. The van der Waals surface area contributed by atoms with Crippen LogP contribution in [0.25, 0.3) is 0 Å². The van der Waals surface area contributed by atoms with Crippen LogP contribution in [0, 0.1) is 11.3 Å². The lowest BCUT2D eigenvalue weighted by atomic mass is 10.1. The van der Waals surface area contributed by atoms with Crippen LogP contribution in [0.2, 0.25) is 0 Å². The fourth-order valence-corrected chi connectivity index (χ4v) is 1.84. The van der Waals surface area contributed by atoms with E-state index in [4.69, 9.17) is 10.00 Å². The molecule has 98 valence electrons. The highest BCUT2D eigenvalue weighted by atomic mass is 16.5. The second-order valence-electron chi connectivity index (χ2n) is 4.57. The molecule has 1 rings (SSSR count). The number of methoxy groups -OCH3 is 1. The maximum absolute atomic E-state index is 8.91. The monoisotopic (exact) mass is 246 g/mol. The average Bonchev–Trinajstić information content (AvgIpc) is 2.42. The summed E-state index contributed by atoms with van der Waals surface area (Å²) in [6, 6.07) is 8.35. The lowest BCUT2D eigenvalue weighted by Crippen LogP contribution is -2.25. The molecule has 1 aromatic rings. The summed E-state index contributed by atoms with van der Waals surface area (Å²) >= 11 is 0. The molecule has 0 saturated heterocycles. The molecule has 0 spiro atoms. The van der Waals surface area contributed by atoms with Gasteiger partial charge in [0.1, 0.15) is 11.8 Å². The van der Waals surface area contributed by atoms with Gasteiger partial charge in [0.2, 0.25) is 0 Å². The maximum atomic E-state index is 8.91. The molecule has 1 atom stereocenters. The van der Waals surface area contributed by atoms with E-state index >= 15 is 0 Å². The zero-order valence-electron chi connectivity index (χ0n) is 11.5. The summed E-state index contributed by atoms with van der Waals surface area (Å²) in [6.45, 7) is 5.22. The molecule has 18 heavy (non-hydrogen) atoms. The summed E-state index contributed by atoms with van der Waals surface area (Å²) in [5, 5.41) is 12.4. The number of nitrogens with zero attached hydrogens (tertiary/aromatic N) is 1. The van der Waals surface area contributed by atoms with E-state index in [0.29, 0.717) is 17.4 Å². The summed E-state index contributed by atoms with van der Waals surface area (Å²) in [5.41, 5.74) is 1.73. The number of rotatable bonds is 7. The number of hydrogen-bond donors (Lipinski definition) is 1. The van der Waals surface area contributed by atoms with Crippen LogP contribution < -0.4 is 10.1 Å². The lowest BCUT2D eigenvalue weighted by molar-refractivity contribution is 0.412. The molecule has 1 unspecified atom stereocenters. The first-order valence-corrected chi connectivity index (χ1v) is 6.51. The Morgan fingerprint density at radius 2 is 2.22 bits per heavy atom. The van der Waals surface area contributed by atoms with Crippen LogP contribution in [-0.2, 0) is 6.54 Å². The lowest BCUT2D eigenvalue weighted by Gasteiger charge is -2.14. The van der Waals surface area contributed by atoms with Crippen molar-refractivity contribution in [3.63, 3.8) is 0 Å². The van der Waals surface area contributed by atoms with E-state index in [2.05, 4.69) is 25.2 Å². The van der Waals surface area contributed by atoms with E-state index in [1.807, 2.05) is 18.2 Å². The predicted molar refractivity (Wildman–Crippen MR) is 73.5 cm³/mol. The molecule has 0 radical (unpaired) electrons. The first-order chi connectivity index (χ1) is 8.71. The second kappa shape index (κ2) is 7.73. The summed E-state index contributed by atoms with van der Waals surface area (Å²) in [7, 11) is 1.59. The predicted octanol–water partition coefficient (Wildman–Crippen LogP) is 3.24. The molecule has 0 aromatic heterocycles. The summed E-state index contributed by atoms with van der Waals surface area (Å²) in [5.74, 6) is 0.651. The number of nitriles is 1. The second-order valence-corrected chi connectivity index (χ2v) is 4.57. The number of ether oxygens (including phenoxy) is 1. The van der Waals surface area contributed by atoms with E-state index < -0.39 is 0 Å². The third kappa shape index (κ3) is 4.38. The minimum atomic E-state index is 0.520. The minimum Gasteiger partial charge on any atom is -0.495 e. The van der Waals surface area contributed by atoms with Crippen molar-refractivity contribution in [1.82, 2.24) is 5.32 Å². The Bertz CT molecular complexity index is 409. The van der Waals surface area contributed by atoms with Crippen LogP contribution in [0.15, 0.2) is 18.2 Å². The first-order valence-electron chi connectivity index (χ1n) is 6.51. The van der Waals surface area contributed by atoms with Crippen molar-refractivity contribution in [2.24, 2.45) is 0 Å². The van der Waals surface area contributed by atoms with Gasteiger partial charge < -0.3 is 10.1 Å². The van der Waals surface area contributed by atoms with Gasteiger partial charge in [-0.25, -0.2) is 0 Å². The molecule has 3 nitrogen and oxygen atoms in total. The third-order valence-corrected chi connectivity index (χ3v) is 3.03. The molecule has 3 heteroatoms. The Hall–Kier alpha value is -1.53. The topological polar surface area (TPSA) is 45.0 Å².